The van der Waals surface area contributed by atoms with Gasteiger partial charge in [-0.3, -0.25) is 0 Å². The molecule has 1 saturated heterocycles. The summed E-state index contributed by atoms with van der Waals surface area (Å²) in [5.74, 6) is 0.526. The number of hydrogen-bond donors (Lipinski definition) is 1. The molecule has 1 atom stereocenters. The van der Waals surface area contributed by atoms with Crippen molar-refractivity contribution < 1.29 is 4.74 Å². The monoisotopic (exact) mass is 233 g/mol. The van der Waals surface area contributed by atoms with Gasteiger partial charge in [-0.15, -0.1) is 0 Å². The highest BCUT2D eigenvalue weighted by atomic mass is 16.5. The van der Waals surface area contributed by atoms with Crippen LogP contribution in [-0.4, -0.2) is 19.8 Å². The molecule has 1 aromatic rings. The zero-order chi connectivity index (χ0) is 12.5. The van der Waals surface area contributed by atoms with Gasteiger partial charge in [-0.25, -0.2) is 0 Å². The first-order chi connectivity index (χ1) is 8.14. The van der Waals surface area contributed by atoms with E-state index >= 15 is 0 Å². The van der Waals surface area contributed by atoms with Gasteiger partial charge in [0.05, 0.1) is 13.2 Å². The van der Waals surface area contributed by atoms with Crippen molar-refractivity contribution in [2.75, 3.05) is 19.8 Å². The summed E-state index contributed by atoms with van der Waals surface area (Å²) in [4.78, 5) is 0. The quantitative estimate of drug-likeness (QED) is 0.867. The molecule has 0 aromatic heterocycles. The average molecular weight is 233 g/mol. The van der Waals surface area contributed by atoms with Crippen LogP contribution in [0.15, 0.2) is 18.2 Å². The minimum atomic E-state index is 0.168. The first-order valence-electron chi connectivity index (χ1n) is 6.49. The van der Waals surface area contributed by atoms with Gasteiger partial charge in [0.2, 0.25) is 0 Å². The fraction of sp³-hybridized carbons (Fsp3) is 0.600. The van der Waals surface area contributed by atoms with Gasteiger partial charge < -0.3 is 10.5 Å². The highest BCUT2D eigenvalue weighted by molar-refractivity contribution is 5.39. The Bertz CT molecular complexity index is 392. The predicted molar refractivity (Wildman–Crippen MR) is 71.2 cm³/mol. The van der Waals surface area contributed by atoms with Crippen molar-refractivity contribution in [2.24, 2.45) is 11.7 Å². The van der Waals surface area contributed by atoms with E-state index in [0.29, 0.717) is 5.92 Å². The molecule has 0 bridgehead atoms. The first kappa shape index (κ1) is 12.6. The molecule has 0 radical (unpaired) electrons. The lowest BCUT2D eigenvalue weighted by Gasteiger charge is -2.48. The van der Waals surface area contributed by atoms with Gasteiger partial charge in [-0.2, -0.15) is 0 Å². The molecule has 17 heavy (non-hydrogen) atoms. The topological polar surface area (TPSA) is 35.2 Å². The summed E-state index contributed by atoms with van der Waals surface area (Å²) < 4.78 is 5.51. The van der Waals surface area contributed by atoms with Crippen LogP contribution in [0.25, 0.3) is 0 Å². The van der Waals surface area contributed by atoms with E-state index in [-0.39, 0.29) is 5.41 Å². The molecule has 0 amide bonds. The number of rotatable bonds is 4. The lowest BCUT2D eigenvalue weighted by Crippen LogP contribution is -2.54. The molecule has 0 spiro atoms. The molecule has 1 aromatic carbocycles. The van der Waals surface area contributed by atoms with E-state index in [9.17, 15) is 0 Å². The lowest BCUT2D eigenvalue weighted by molar-refractivity contribution is -0.0901. The van der Waals surface area contributed by atoms with E-state index in [0.717, 1.165) is 26.2 Å². The molecule has 0 saturated carbocycles. The van der Waals surface area contributed by atoms with Crippen molar-refractivity contribution in [1.29, 1.82) is 0 Å². The van der Waals surface area contributed by atoms with Gasteiger partial charge in [-0.05, 0) is 37.4 Å². The summed E-state index contributed by atoms with van der Waals surface area (Å²) in [5, 5.41) is 0. The predicted octanol–water partition coefficient (Wildman–Crippen LogP) is 2.56. The zero-order valence-corrected chi connectivity index (χ0v) is 11.1. The molecular weight excluding hydrogens is 210 g/mol. The molecule has 2 nitrogen and oxygen atoms in total. The first-order valence-corrected chi connectivity index (χ1v) is 6.49. The maximum atomic E-state index is 5.94. The van der Waals surface area contributed by atoms with Crippen LogP contribution in [0.3, 0.4) is 0 Å². The third-order valence-electron chi connectivity index (χ3n) is 4.20. The summed E-state index contributed by atoms with van der Waals surface area (Å²) in [6, 6.07) is 6.73. The molecule has 94 valence electrons. The number of ether oxygens (including phenoxy) is 1. The van der Waals surface area contributed by atoms with Crippen LogP contribution in [0.1, 0.15) is 30.0 Å². The van der Waals surface area contributed by atoms with Gasteiger partial charge >= 0.3 is 0 Å². The van der Waals surface area contributed by atoms with Gasteiger partial charge in [0.25, 0.3) is 0 Å². The van der Waals surface area contributed by atoms with Gasteiger partial charge in [-0.1, -0.05) is 37.1 Å². The van der Waals surface area contributed by atoms with Crippen molar-refractivity contribution in [3.63, 3.8) is 0 Å². The van der Waals surface area contributed by atoms with Crippen LogP contribution < -0.4 is 5.73 Å². The molecule has 1 aliphatic rings. The molecule has 2 rings (SSSR count). The van der Waals surface area contributed by atoms with Crippen LogP contribution >= 0.6 is 0 Å². The van der Waals surface area contributed by atoms with Crippen LogP contribution in [-0.2, 0) is 10.2 Å². The number of benzene rings is 1. The molecule has 0 aliphatic carbocycles. The summed E-state index contributed by atoms with van der Waals surface area (Å²) in [6.45, 7) is 8.96. The van der Waals surface area contributed by atoms with Crippen LogP contribution in [0.2, 0.25) is 0 Å². The van der Waals surface area contributed by atoms with Crippen molar-refractivity contribution in [3.05, 3.63) is 34.9 Å². The number of nitrogens with two attached hydrogens (primary N) is 1. The van der Waals surface area contributed by atoms with Gasteiger partial charge in [0, 0.05) is 5.41 Å². The normalized spacial score (nSPS) is 19.8. The second-order valence-corrected chi connectivity index (χ2v) is 5.31. The van der Waals surface area contributed by atoms with Crippen molar-refractivity contribution in [1.82, 2.24) is 0 Å². The van der Waals surface area contributed by atoms with Gasteiger partial charge in [0.15, 0.2) is 0 Å². The molecular formula is C15H23NO. The fourth-order valence-electron chi connectivity index (χ4n) is 3.09. The molecule has 1 heterocycles. The van der Waals surface area contributed by atoms with Crippen molar-refractivity contribution in [3.8, 4) is 0 Å². The third kappa shape index (κ3) is 2.00. The second kappa shape index (κ2) is 4.79. The Morgan fingerprint density at radius 3 is 2.47 bits per heavy atom. The van der Waals surface area contributed by atoms with Crippen LogP contribution in [0.4, 0.5) is 0 Å². The third-order valence-corrected chi connectivity index (χ3v) is 4.20. The molecule has 2 heteroatoms. The van der Waals surface area contributed by atoms with E-state index in [1.165, 1.54) is 16.7 Å². The summed E-state index contributed by atoms with van der Waals surface area (Å²) in [5.41, 5.74) is 10.2. The largest absolute Gasteiger partial charge is 0.379 e. The maximum absolute atomic E-state index is 5.94. The second-order valence-electron chi connectivity index (χ2n) is 5.31. The Labute approximate surface area is 104 Å². The highest BCUT2D eigenvalue weighted by Crippen LogP contribution is 2.42. The minimum Gasteiger partial charge on any atom is -0.379 e. The fourth-order valence-corrected chi connectivity index (χ4v) is 3.09. The zero-order valence-electron chi connectivity index (χ0n) is 11.1. The van der Waals surface area contributed by atoms with Crippen molar-refractivity contribution in [2.45, 2.75) is 32.6 Å². The molecule has 2 N–H and O–H groups in total. The number of hydrogen-bond acceptors (Lipinski definition) is 2. The smallest absolute Gasteiger partial charge is 0.0588 e. The Hall–Kier alpha value is -0.860. The van der Waals surface area contributed by atoms with E-state index in [1.807, 2.05) is 0 Å². The minimum absolute atomic E-state index is 0.168. The molecule has 1 fully saturated rings. The van der Waals surface area contributed by atoms with E-state index in [2.05, 4.69) is 39.0 Å². The van der Waals surface area contributed by atoms with E-state index < -0.39 is 0 Å². The summed E-state index contributed by atoms with van der Waals surface area (Å²) in [7, 11) is 0. The average Bonchev–Trinajstić information content (AvgIpc) is 2.24. The molecule has 1 aliphatic heterocycles. The Kier molecular flexibility index (Phi) is 3.55. The lowest BCUT2D eigenvalue weighted by atomic mass is 9.66. The Morgan fingerprint density at radius 1 is 1.35 bits per heavy atom. The summed E-state index contributed by atoms with van der Waals surface area (Å²) in [6.07, 6.45) is 1.12. The Morgan fingerprint density at radius 2 is 2.06 bits per heavy atom. The van der Waals surface area contributed by atoms with Gasteiger partial charge in [0.1, 0.15) is 0 Å². The van der Waals surface area contributed by atoms with E-state index in [4.69, 9.17) is 10.5 Å². The molecule has 1 unspecified atom stereocenters. The van der Waals surface area contributed by atoms with Crippen LogP contribution in [0, 0.1) is 19.8 Å². The Balaban J connectivity index is 2.40. The highest BCUT2D eigenvalue weighted by Gasteiger charge is 2.46. The number of aryl methyl sites for hydroxylation is 2. The summed E-state index contributed by atoms with van der Waals surface area (Å²) >= 11 is 0. The van der Waals surface area contributed by atoms with Crippen molar-refractivity contribution >= 4 is 0 Å². The maximum Gasteiger partial charge on any atom is 0.0588 e. The SMILES string of the molecule is CCC(CN)C1(c2ccc(C)cc2C)COC1. The standard InChI is InChI=1S/C15H23NO/c1-4-13(8-16)15(9-17-10-15)14-6-5-11(2)7-12(14)3/h5-7,13H,4,8-10,16H2,1-3H3. The van der Waals surface area contributed by atoms with E-state index in [1.54, 1.807) is 0 Å². The van der Waals surface area contributed by atoms with Crippen LogP contribution in [0.5, 0.6) is 0 Å².